The van der Waals surface area contributed by atoms with Gasteiger partial charge in [0.1, 0.15) is 0 Å². The highest BCUT2D eigenvalue weighted by Gasteiger charge is 2.23. The van der Waals surface area contributed by atoms with Gasteiger partial charge in [-0.15, -0.1) is 0 Å². The first kappa shape index (κ1) is 26.9. The maximum absolute atomic E-state index is 11.5. The molecule has 6 nitrogen and oxygen atoms in total. The third kappa shape index (κ3) is 13.1. The lowest BCUT2D eigenvalue weighted by Crippen LogP contribution is -2.29. The van der Waals surface area contributed by atoms with Crippen LogP contribution in [0.15, 0.2) is 0 Å². The summed E-state index contributed by atoms with van der Waals surface area (Å²) in [6.07, 6.45) is 8.34. The molecule has 4 atom stereocenters. The molecule has 6 heteroatoms. The van der Waals surface area contributed by atoms with Gasteiger partial charge in [-0.1, -0.05) is 79.1 Å². The minimum atomic E-state index is -0.929. The maximum Gasteiger partial charge on any atom is 0.332 e. The number of carbonyl (C=O) groups excluding carboxylic acids is 1. The Morgan fingerprint density at radius 3 is 1.89 bits per heavy atom. The SMILES string of the molecule is CCCCC(CC)CC(OC=O)OCCOC(CC(CC)CCCC)C(=O)O. The second-order valence-corrected chi connectivity index (χ2v) is 7.53. The molecule has 4 unspecified atom stereocenters. The predicted octanol–water partition coefficient (Wildman–Crippen LogP) is 5.18. The summed E-state index contributed by atoms with van der Waals surface area (Å²) in [6, 6.07) is 0. The molecule has 0 radical (unpaired) electrons. The number of carboxylic acid groups (broad SMARTS) is 1. The molecule has 0 bridgehead atoms. The fourth-order valence-electron chi connectivity index (χ4n) is 3.37. The van der Waals surface area contributed by atoms with E-state index in [1.165, 1.54) is 0 Å². The summed E-state index contributed by atoms with van der Waals surface area (Å²) in [6.45, 7) is 9.30. The van der Waals surface area contributed by atoms with E-state index in [1.807, 2.05) is 0 Å². The van der Waals surface area contributed by atoms with Gasteiger partial charge in [0.05, 0.1) is 13.2 Å². The molecule has 0 saturated heterocycles. The Balaban J connectivity index is 4.40. The summed E-state index contributed by atoms with van der Waals surface area (Å²) in [5, 5.41) is 9.43. The van der Waals surface area contributed by atoms with E-state index in [-0.39, 0.29) is 13.2 Å². The smallest absolute Gasteiger partial charge is 0.332 e. The minimum Gasteiger partial charge on any atom is -0.479 e. The van der Waals surface area contributed by atoms with E-state index in [2.05, 4.69) is 27.7 Å². The minimum absolute atomic E-state index is 0.172. The molecular weight excluding hydrogens is 360 g/mol. The Bertz CT molecular complexity index is 387. The van der Waals surface area contributed by atoms with Gasteiger partial charge < -0.3 is 19.3 Å². The second-order valence-electron chi connectivity index (χ2n) is 7.53. The van der Waals surface area contributed by atoms with Gasteiger partial charge in [0.25, 0.3) is 6.47 Å². The van der Waals surface area contributed by atoms with Crippen molar-refractivity contribution in [2.75, 3.05) is 13.2 Å². The lowest BCUT2D eigenvalue weighted by atomic mass is 9.93. The lowest BCUT2D eigenvalue weighted by molar-refractivity contribution is -0.174. The normalized spacial score (nSPS) is 15.6. The number of carboxylic acids is 1. The van der Waals surface area contributed by atoms with Crippen LogP contribution in [-0.2, 0) is 23.8 Å². The average molecular weight is 403 g/mol. The van der Waals surface area contributed by atoms with Crippen molar-refractivity contribution >= 4 is 12.4 Å². The molecule has 1 N–H and O–H groups in total. The van der Waals surface area contributed by atoms with Crippen LogP contribution in [-0.4, -0.2) is 43.2 Å². The molecule has 0 amide bonds. The van der Waals surface area contributed by atoms with Gasteiger partial charge in [-0.05, 0) is 18.3 Å². The first-order valence-corrected chi connectivity index (χ1v) is 11.1. The molecule has 0 fully saturated rings. The van der Waals surface area contributed by atoms with Crippen LogP contribution in [0.1, 0.15) is 91.9 Å². The molecule has 0 aromatic rings. The highest BCUT2D eigenvalue weighted by molar-refractivity contribution is 5.72. The lowest BCUT2D eigenvalue weighted by Gasteiger charge is -2.23. The van der Waals surface area contributed by atoms with Crippen LogP contribution in [0.4, 0.5) is 0 Å². The zero-order valence-corrected chi connectivity index (χ0v) is 18.4. The average Bonchev–Trinajstić information content (AvgIpc) is 2.69. The standard InChI is InChI=1S/C22H42O6/c1-5-9-11-18(7-3)15-20(22(24)25)26-13-14-27-21(28-17-23)16-19(8-4)12-10-6-2/h17-21H,5-16H2,1-4H3,(H,24,25). The van der Waals surface area contributed by atoms with Crippen molar-refractivity contribution in [1.29, 1.82) is 0 Å². The first-order chi connectivity index (χ1) is 13.5. The van der Waals surface area contributed by atoms with Gasteiger partial charge in [0, 0.05) is 6.42 Å². The summed E-state index contributed by atoms with van der Waals surface area (Å²) in [4.78, 5) is 22.3. The van der Waals surface area contributed by atoms with Gasteiger partial charge in [0.2, 0.25) is 6.29 Å². The molecule has 0 aliphatic carbocycles. The number of rotatable bonds is 20. The second kappa shape index (κ2) is 17.9. The first-order valence-electron chi connectivity index (χ1n) is 11.1. The summed E-state index contributed by atoms with van der Waals surface area (Å²) in [5.41, 5.74) is 0. The van der Waals surface area contributed by atoms with Crippen LogP contribution in [0.5, 0.6) is 0 Å². The van der Waals surface area contributed by atoms with Gasteiger partial charge in [-0.25, -0.2) is 4.79 Å². The van der Waals surface area contributed by atoms with E-state index in [9.17, 15) is 14.7 Å². The van der Waals surface area contributed by atoms with Crippen molar-refractivity contribution < 1.29 is 28.9 Å². The number of carbonyl (C=O) groups is 2. The molecule has 0 aliphatic rings. The van der Waals surface area contributed by atoms with Crippen molar-refractivity contribution in [2.24, 2.45) is 11.8 Å². The molecular formula is C22H42O6. The van der Waals surface area contributed by atoms with Crippen LogP contribution in [0, 0.1) is 11.8 Å². The van der Waals surface area contributed by atoms with E-state index in [0.29, 0.717) is 31.1 Å². The number of hydrogen-bond acceptors (Lipinski definition) is 5. The Hall–Kier alpha value is -1.14. The summed E-state index contributed by atoms with van der Waals surface area (Å²) < 4.78 is 16.3. The number of aliphatic carboxylic acids is 1. The molecule has 0 aromatic carbocycles. The molecule has 166 valence electrons. The molecule has 0 aromatic heterocycles. The molecule has 0 saturated carbocycles. The van der Waals surface area contributed by atoms with Gasteiger partial charge in [0.15, 0.2) is 6.10 Å². The summed E-state index contributed by atoms with van der Waals surface area (Å²) >= 11 is 0. The van der Waals surface area contributed by atoms with Crippen molar-refractivity contribution in [3.63, 3.8) is 0 Å². The Morgan fingerprint density at radius 2 is 1.43 bits per heavy atom. The molecule has 0 aliphatic heterocycles. The topological polar surface area (TPSA) is 82.1 Å². The Labute approximate surface area is 171 Å². The largest absolute Gasteiger partial charge is 0.479 e. The number of unbranched alkanes of at least 4 members (excludes halogenated alkanes) is 2. The molecule has 0 heterocycles. The van der Waals surface area contributed by atoms with E-state index >= 15 is 0 Å². The van der Waals surface area contributed by atoms with E-state index < -0.39 is 18.4 Å². The van der Waals surface area contributed by atoms with Gasteiger partial charge in [-0.2, -0.15) is 0 Å². The maximum atomic E-state index is 11.5. The monoisotopic (exact) mass is 402 g/mol. The summed E-state index contributed by atoms with van der Waals surface area (Å²) in [7, 11) is 0. The van der Waals surface area contributed by atoms with Gasteiger partial charge in [-0.3, -0.25) is 4.79 Å². The zero-order valence-electron chi connectivity index (χ0n) is 18.4. The van der Waals surface area contributed by atoms with E-state index in [1.54, 1.807) is 0 Å². The highest BCUT2D eigenvalue weighted by Crippen LogP contribution is 2.21. The Morgan fingerprint density at radius 1 is 0.893 bits per heavy atom. The van der Waals surface area contributed by atoms with Crippen LogP contribution in [0.3, 0.4) is 0 Å². The van der Waals surface area contributed by atoms with Crippen molar-refractivity contribution in [1.82, 2.24) is 0 Å². The zero-order chi connectivity index (χ0) is 21.2. The molecule has 0 spiro atoms. The molecule has 28 heavy (non-hydrogen) atoms. The van der Waals surface area contributed by atoms with E-state index in [0.717, 1.165) is 51.4 Å². The fourth-order valence-corrected chi connectivity index (χ4v) is 3.37. The van der Waals surface area contributed by atoms with Crippen molar-refractivity contribution in [3.8, 4) is 0 Å². The fraction of sp³-hybridized carbons (Fsp3) is 0.909. The van der Waals surface area contributed by atoms with Crippen LogP contribution >= 0.6 is 0 Å². The van der Waals surface area contributed by atoms with Crippen molar-refractivity contribution in [2.45, 2.75) is 104 Å². The quantitative estimate of drug-likeness (QED) is 0.171. The van der Waals surface area contributed by atoms with Crippen molar-refractivity contribution in [3.05, 3.63) is 0 Å². The predicted molar refractivity (Wildman–Crippen MR) is 110 cm³/mol. The third-order valence-electron chi connectivity index (χ3n) is 5.35. The van der Waals surface area contributed by atoms with Crippen LogP contribution in [0.2, 0.25) is 0 Å². The summed E-state index contributed by atoms with van der Waals surface area (Å²) in [5.74, 6) is -0.125. The van der Waals surface area contributed by atoms with Gasteiger partial charge >= 0.3 is 5.97 Å². The third-order valence-corrected chi connectivity index (χ3v) is 5.35. The van der Waals surface area contributed by atoms with Crippen LogP contribution < -0.4 is 0 Å². The van der Waals surface area contributed by atoms with E-state index in [4.69, 9.17) is 14.2 Å². The number of ether oxygens (including phenoxy) is 3. The van der Waals surface area contributed by atoms with Crippen LogP contribution in [0.25, 0.3) is 0 Å². The molecule has 0 rings (SSSR count). The number of hydrogen-bond donors (Lipinski definition) is 1. The Kier molecular flexibility index (Phi) is 17.2. The highest BCUT2D eigenvalue weighted by atomic mass is 16.7.